The van der Waals surface area contributed by atoms with Crippen LogP contribution in [0.5, 0.6) is 0 Å². The molecular weight excluding hydrogens is 198 g/mol. The molecule has 0 radical (unpaired) electrons. The van der Waals surface area contributed by atoms with Crippen molar-refractivity contribution in [3.05, 3.63) is 0 Å². The van der Waals surface area contributed by atoms with Gasteiger partial charge in [0.25, 0.3) is 0 Å². The Bertz CT molecular complexity index is 219. The summed E-state index contributed by atoms with van der Waals surface area (Å²) in [4.78, 5) is 2.50. The minimum atomic E-state index is -0.0732. The first-order chi connectivity index (χ1) is 7.68. The van der Waals surface area contributed by atoms with Gasteiger partial charge in [0.2, 0.25) is 0 Å². The van der Waals surface area contributed by atoms with Crippen LogP contribution >= 0.6 is 0 Å². The molecule has 0 saturated heterocycles. The highest BCUT2D eigenvalue weighted by atomic mass is 16.3. The van der Waals surface area contributed by atoms with Gasteiger partial charge in [0, 0.05) is 12.1 Å². The summed E-state index contributed by atoms with van der Waals surface area (Å²) >= 11 is 0. The molecule has 94 valence electrons. The molecule has 4 unspecified atom stereocenters. The van der Waals surface area contributed by atoms with Gasteiger partial charge in [-0.25, -0.2) is 0 Å². The fraction of sp³-hybridized carbons (Fsp3) is 1.00. The van der Waals surface area contributed by atoms with Crippen LogP contribution in [0.4, 0.5) is 0 Å². The first kappa shape index (κ1) is 12.4. The number of hydrogen-bond acceptors (Lipinski definition) is 2. The molecule has 0 aromatic heterocycles. The molecule has 2 heteroatoms. The first-order valence-electron chi connectivity index (χ1n) is 7.08. The lowest BCUT2D eigenvalue weighted by Gasteiger charge is -2.42. The highest BCUT2D eigenvalue weighted by Crippen LogP contribution is 2.31. The average molecular weight is 225 g/mol. The number of nitrogens with zero attached hydrogens (tertiary/aromatic N) is 1. The van der Waals surface area contributed by atoms with E-state index >= 15 is 0 Å². The van der Waals surface area contributed by atoms with Crippen LogP contribution in [-0.4, -0.2) is 35.2 Å². The lowest BCUT2D eigenvalue weighted by molar-refractivity contribution is 0.000695. The van der Waals surface area contributed by atoms with E-state index in [1.165, 1.54) is 44.9 Å². The highest BCUT2D eigenvalue weighted by molar-refractivity contribution is 4.87. The topological polar surface area (TPSA) is 23.5 Å². The van der Waals surface area contributed by atoms with Gasteiger partial charge in [-0.2, -0.15) is 0 Å². The predicted octanol–water partition coefficient (Wildman–Crippen LogP) is 2.80. The number of hydrogen-bond donors (Lipinski definition) is 1. The third kappa shape index (κ3) is 2.78. The molecular formula is C14H27NO. The molecule has 1 N–H and O–H groups in total. The van der Waals surface area contributed by atoms with Crippen molar-refractivity contribution in [2.45, 2.75) is 76.5 Å². The molecule has 2 rings (SSSR count). The van der Waals surface area contributed by atoms with Crippen molar-refractivity contribution >= 4 is 0 Å². The minimum absolute atomic E-state index is 0.0732. The molecule has 0 aliphatic heterocycles. The Morgan fingerprint density at radius 1 is 1.00 bits per heavy atom. The molecule has 2 nitrogen and oxygen atoms in total. The quantitative estimate of drug-likeness (QED) is 0.781. The SMILES string of the molecule is CC1CCCC(N(C)C2CCCCC2O)C1. The van der Waals surface area contributed by atoms with Crippen LogP contribution in [-0.2, 0) is 0 Å². The van der Waals surface area contributed by atoms with Crippen LogP contribution in [0.2, 0.25) is 0 Å². The van der Waals surface area contributed by atoms with E-state index in [-0.39, 0.29) is 6.10 Å². The van der Waals surface area contributed by atoms with Crippen molar-refractivity contribution < 1.29 is 5.11 Å². The van der Waals surface area contributed by atoms with E-state index in [0.717, 1.165) is 18.4 Å². The minimum Gasteiger partial charge on any atom is -0.391 e. The third-order valence-electron chi connectivity index (χ3n) is 4.70. The van der Waals surface area contributed by atoms with Crippen LogP contribution in [0.15, 0.2) is 0 Å². The highest BCUT2D eigenvalue weighted by Gasteiger charge is 2.32. The van der Waals surface area contributed by atoms with Crippen molar-refractivity contribution in [1.82, 2.24) is 4.90 Å². The van der Waals surface area contributed by atoms with Crippen LogP contribution in [0.1, 0.15) is 58.3 Å². The summed E-state index contributed by atoms with van der Waals surface area (Å²) in [7, 11) is 2.24. The first-order valence-corrected chi connectivity index (χ1v) is 7.08. The van der Waals surface area contributed by atoms with Gasteiger partial charge < -0.3 is 5.11 Å². The zero-order valence-electron chi connectivity index (χ0n) is 10.9. The van der Waals surface area contributed by atoms with Crippen molar-refractivity contribution in [2.24, 2.45) is 5.92 Å². The number of aliphatic hydroxyl groups is 1. The van der Waals surface area contributed by atoms with E-state index < -0.39 is 0 Å². The van der Waals surface area contributed by atoms with Crippen LogP contribution < -0.4 is 0 Å². The predicted molar refractivity (Wildman–Crippen MR) is 67.4 cm³/mol. The maximum atomic E-state index is 10.1. The maximum absolute atomic E-state index is 10.1. The Morgan fingerprint density at radius 3 is 2.44 bits per heavy atom. The van der Waals surface area contributed by atoms with E-state index in [0.29, 0.717) is 6.04 Å². The molecule has 2 fully saturated rings. The molecule has 0 spiro atoms. The average Bonchev–Trinajstić information content (AvgIpc) is 2.29. The summed E-state index contributed by atoms with van der Waals surface area (Å²) in [5.74, 6) is 0.877. The molecule has 0 heterocycles. The monoisotopic (exact) mass is 225 g/mol. The second-order valence-electron chi connectivity index (χ2n) is 6.01. The van der Waals surface area contributed by atoms with Gasteiger partial charge in [-0.3, -0.25) is 4.90 Å². The fourth-order valence-electron chi connectivity index (χ4n) is 3.61. The van der Waals surface area contributed by atoms with Crippen molar-refractivity contribution in [1.29, 1.82) is 0 Å². The van der Waals surface area contributed by atoms with E-state index in [4.69, 9.17) is 0 Å². The van der Waals surface area contributed by atoms with Gasteiger partial charge >= 0.3 is 0 Å². The Hall–Kier alpha value is -0.0800. The molecule has 16 heavy (non-hydrogen) atoms. The third-order valence-corrected chi connectivity index (χ3v) is 4.70. The lowest BCUT2D eigenvalue weighted by Crippen LogP contribution is -2.49. The van der Waals surface area contributed by atoms with Crippen LogP contribution in [0.25, 0.3) is 0 Å². The van der Waals surface area contributed by atoms with E-state index in [1.54, 1.807) is 0 Å². The lowest BCUT2D eigenvalue weighted by atomic mass is 9.84. The zero-order valence-corrected chi connectivity index (χ0v) is 10.9. The number of likely N-dealkylation sites (N-methyl/N-ethyl adjacent to an activating group) is 1. The van der Waals surface area contributed by atoms with Crippen molar-refractivity contribution in [3.63, 3.8) is 0 Å². The Kier molecular flexibility index (Phi) is 4.26. The molecule has 2 aliphatic rings. The van der Waals surface area contributed by atoms with Crippen molar-refractivity contribution in [2.75, 3.05) is 7.05 Å². The van der Waals surface area contributed by atoms with E-state index in [2.05, 4.69) is 18.9 Å². The normalized spacial score (nSPS) is 41.2. The zero-order chi connectivity index (χ0) is 11.5. The van der Waals surface area contributed by atoms with Gasteiger partial charge in [-0.05, 0) is 38.6 Å². The Balaban J connectivity index is 1.91. The molecule has 2 saturated carbocycles. The fourth-order valence-corrected chi connectivity index (χ4v) is 3.61. The van der Waals surface area contributed by atoms with E-state index in [1.807, 2.05) is 0 Å². The summed E-state index contributed by atoms with van der Waals surface area (Å²) in [6, 6.07) is 1.16. The molecule has 0 aromatic rings. The summed E-state index contributed by atoms with van der Waals surface area (Å²) in [6.45, 7) is 2.37. The maximum Gasteiger partial charge on any atom is 0.0695 e. The van der Waals surface area contributed by atoms with Gasteiger partial charge in [0.1, 0.15) is 0 Å². The smallest absolute Gasteiger partial charge is 0.0695 e. The number of aliphatic hydroxyl groups excluding tert-OH is 1. The van der Waals surface area contributed by atoms with Gasteiger partial charge in [-0.15, -0.1) is 0 Å². The summed E-state index contributed by atoms with van der Waals surface area (Å²) in [5, 5.41) is 10.1. The number of rotatable bonds is 2. The molecule has 2 aliphatic carbocycles. The molecule has 0 bridgehead atoms. The Morgan fingerprint density at radius 2 is 1.75 bits per heavy atom. The summed E-state index contributed by atoms with van der Waals surface area (Å²) in [5.41, 5.74) is 0. The largest absolute Gasteiger partial charge is 0.391 e. The van der Waals surface area contributed by atoms with Gasteiger partial charge in [0.05, 0.1) is 6.10 Å². The summed E-state index contributed by atoms with van der Waals surface area (Å²) < 4.78 is 0. The second-order valence-corrected chi connectivity index (χ2v) is 6.01. The van der Waals surface area contributed by atoms with Gasteiger partial charge in [-0.1, -0.05) is 32.6 Å². The second kappa shape index (κ2) is 5.50. The van der Waals surface area contributed by atoms with Crippen LogP contribution in [0, 0.1) is 5.92 Å². The molecule has 4 atom stereocenters. The van der Waals surface area contributed by atoms with E-state index in [9.17, 15) is 5.11 Å². The Labute approximate surface area is 100 Å². The molecule has 0 aromatic carbocycles. The van der Waals surface area contributed by atoms with Gasteiger partial charge in [0.15, 0.2) is 0 Å². The molecule has 0 amide bonds. The standard InChI is InChI=1S/C14H27NO/c1-11-6-5-7-12(10-11)15(2)13-8-3-4-9-14(13)16/h11-14,16H,3-10H2,1-2H3. The van der Waals surface area contributed by atoms with Crippen molar-refractivity contribution in [3.8, 4) is 0 Å². The summed E-state index contributed by atoms with van der Waals surface area (Å²) in [6.07, 6.45) is 10.1. The van der Waals surface area contributed by atoms with Crippen LogP contribution in [0.3, 0.4) is 0 Å².